The number of benzene rings is 1. The number of amides is 1. The number of carbonyl (C=O) groups excluding carboxylic acids is 1. The molecular formula is C9H6F2N2O. The van der Waals surface area contributed by atoms with Gasteiger partial charge in [-0.3, -0.25) is 4.79 Å². The van der Waals surface area contributed by atoms with E-state index in [0.29, 0.717) is 0 Å². The highest BCUT2D eigenvalue weighted by molar-refractivity contribution is 5.92. The lowest BCUT2D eigenvalue weighted by Crippen LogP contribution is -2.06. The normalized spacial score (nSPS) is 9.00. The van der Waals surface area contributed by atoms with Gasteiger partial charge in [0.15, 0.2) is 11.6 Å². The molecule has 1 rings (SSSR count). The lowest BCUT2D eigenvalue weighted by Gasteiger charge is -1.98. The van der Waals surface area contributed by atoms with Crippen LogP contribution in [0.1, 0.15) is 5.56 Å². The Morgan fingerprint density at radius 2 is 1.93 bits per heavy atom. The van der Waals surface area contributed by atoms with E-state index in [-0.39, 0.29) is 11.3 Å². The second-order valence-electron chi connectivity index (χ2n) is 2.44. The Kier molecular flexibility index (Phi) is 2.67. The fourth-order valence-electron chi connectivity index (χ4n) is 0.790. The topological polar surface area (TPSA) is 69.1 Å². The van der Waals surface area contributed by atoms with Crippen LogP contribution in [-0.4, -0.2) is 5.91 Å². The zero-order valence-corrected chi connectivity index (χ0v) is 6.97. The van der Waals surface area contributed by atoms with E-state index < -0.39 is 17.5 Å². The monoisotopic (exact) mass is 196 g/mol. The molecular weight excluding hydrogens is 190 g/mol. The highest BCUT2D eigenvalue weighted by Gasteiger charge is 2.09. The molecule has 1 amide bonds. The van der Waals surface area contributed by atoms with E-state index in [4.69, 9.17) is 11.5 Å². The van der Waals surface area contributed by atoms with E-state index in [9.17, 15) is 13.6 Å². The third kappa shape index (κ3) is 1.98. The first-order valence-corrected chi connectivity index (χ1v) is 3.57. The lowest BCUT2D eigenvalue weighted by atomic mass is 10.2. The Hall–Kier alpha value is -2.09. The van der Waals surface area contributed by atoms with Gasteiger partial charge in [-0.25, -0.2) is 8.78 Å². The number of rotatable bonds is 0. The number of carbonyl (C=O) groups is 1. The Morgan fingerprint density at radius 1 is 1.29 bits per heavy atom. The molecule has 0 saturated heterocycles. The van der Waals surface area contributed by atoms with Gasteiger partial charge in [-0.05, 0) is 12.1 Å². The molecule has 0 bridgehead atoms. The number of nitrogen functional groups attached to an aromatic ring is 1. The van der Waals surface area contributed by atoms with Crippen LogP contribution in [0.5, 0.6) is 0 Å². The largest absolute Gasteiger partial charge is 0.396 e. The molecule has 0 saturated carbocycles. The minimum absolute atomic E-state index is 0.254. The van der Waals surface area contributed by atoms with Crippen LogP contribution in [0, 0.1) is 23.5 Å². The molecule has 0 aromatic heterocycles. The van der Waals surface area contributed by atoms with Crippen LogP contribution in [0.25, 0.3) is 0 Å². The van der Waals surface area contributed by atoms with Crippen LogP contribution in [0.4, 0.5) is 14.5 Å². The molecule has 0 radical (unpaired) electrons. The zero-order chi connectivity index (χ0) is 10.7. The molecule has 5 heteroatoms. The highest BCUT2D eigenvalue weighted by Crippen LogP contribution is 2.16. The molecule has 14 heavy (non-hydrogen) atoms. The predicted molar refractivity (Wildman–Crippen MR) is 46.8 cm³/mol. The SMILES string of the molecule is NC(=O)C#Cc1ccc(N)c(F)c1F. The molecule has 0 aliphatic heterocycles. The smallest absolute Gasteiger partial charge is 0.293 e. The van der Waals surface area contributed by atoms with Crippen molar-refractivity contribution >= 4 is 11.6 Å². The minimum atomic E-state index is -1.18. The van der Waals surface area contributed by atoms with Crippen LogP contribution >= 0.6 is 0 Å². The zero-order valence-electron chi connectivity index (χ0n) is 6.97. The van der Waals surface area contributed by atoms with Gasteiger partial charge in [0.2, 0.25) is 0 Å². The third-order valence-electron chi connectivity index (χ3n) is 1.43. The second-order valence-corrected chi connectivity index (χ2v) is 2.44. The second kappa shape index (κ2) is 3.75. The Morgan fingerprint density at radius 3 is 2.50 bits per heavy atom. The molecule has 1 aromatic carbocycles. The van der Waals surface area contributed by atoms with Gasteiger partial charge < -0.3 is 11.5 Å². The molecule has 0 atom stereocenters. The number of hydrogen-bond acceptors (Lipinski definition) is 2. The summed E-state index contributed by atoms with van der Waals surface area (Å²) in [5.41, 5.74) is 9.23. The summed E-state index contributed by atoms with van der Waals surface area (Å²) >= 11 is 0. The first-order chi connectivity index (χ1) is 6.52. The van der Waals surface area contributed by atoms with Crippen molar-refractivity contribution in [1.82, 2.24) is 0 Å². The van der Waals surface area contributed by atoms with E-state index in [0.717, 1.165) is 6.07 Å². The van der Waals surface area contributed by atoms with E-state index >= 15 is 0 Å². The molecule has 0 heterocycles. The molecule has 0 fully saturated rings. The van der Waals surface area contributed by atoms with Crippen LogP contribution < -0.4 is 11.5 Å². The summed E-state index contributed by atoms with van der Waals surface area (Å²) < 4.78 is 25.8. The van der Waals surface area contributed by atoms with Gasteiger partial charge in [0.05, 0.1) is 11.3 Å². The van der Waals surface area contributed by atoms with Gasteiger partial charge in [-0.2, -0.15) is 0 Å². The van der Waals surface area contributed by atoms with E-state index in [1.165, 1.54) is 6.07 Å². The Labute approximate surface area is 78.7 Å². The average molecular weight is 196 g/mol. The molecule has 0 aliphatic carbocycles. The standard InChI is InChI=1S/C9H6F2N2O/c10-8-5(2-4-7(13)14)1-3-6(12)9(8)11/h1,3H,12H2,(H2,13,14). The number of halogens is 2. The summed E-state index contributed by atoms with van der Waals surface area (Å²) in [7, 11) is 0. The van der Waals surface area contributed by atoms with Gasteiger partial charge in [-0.15, -0.1) is 0 Å². The molecule has 1 aromatic rings. The van der Waals surface area contributed by atoms with Crippen LogP contribution in [-0.2, 0) is 4.79 Å². The van der Waals surface area contributed by atoms with Gasteiger partial charge in [-0.1, -0.05) is 5.92 Å². The van der Waals surface area contributed by atoms with E-state index in [1.54, 1.807) is 0 Å². The van der Waals surface area contributed by atoms with Gasteiger partial charge >= 0.3 is 0 Å². The Balaban J connectivity index is 3.20. The first-order valence-electron chi connectivity index (χ1n) is 3.57. The summed E-state index contributed by atoms with van der Waals surface area (Å²) in [6.45, 7) is 0. The van der Waals surface area contributed by atoms with Crippen LogP contribution in [0.3, 0.4) is 0 Å². The minimum Gasteiger partial charge on any atom is -0.396 e. The Bertz CT molecular complexity index is 446. The highest BCUT2D eigenvalue weighted by atomic mass is 19.2. The third-order valence-corrected chi connectivity index (χ3v) is 1.43. The quantitative estimate of drug-likeness (QED) is 0.465. The molecule has 3 nitrogen and oxygen atoms in total. The molecule has 4 N–H and O–H groups in total. The number of anilines is 1. The maximum Gasteiger partial charge on any atom is 0.293 e. The van der Waals surface area contributed by atoms with Crippen molar-refractivity contribution in [3.63, 3.8) is 0 Å². The summed E-state index contributed by atoms with van der Waals surface area (Å²) in [5, 5.41) is 0. The van der Waals surface area contributed by atoms with Crippen LogP contribution in [0.15, 0.2) is 12.1 Å². The van der Waals surface area contributed by atoms with Gasteiger partial charge in [0, 0.05) is 5.92 Å². The summed E-state index contributed by atoms with van der Waals surface area (Å²) in [5.74, 6) is 0.700. The van der Waals surface area contributed by atoms with Crippen molar-refractivity contribution in [1.29, 1.82) is 0 Å². The van der Waals surface area contributed by atoms with E-state index in [2.05, 4.69) is 5.92 Å². The summed E-state index contributed by atoms with van der Waals surface area (Å²) in [4.78, 5) is 10.2. The maximum absolute atomic E-state index is 13.0. The molecule has 0 unspecified atom stereocenters. The molecule has 0 spiro atoms. The fraction of sp³-hybridized carbons (Fsp3) is 0. The average Bonchev–Trinajstić information content (AvgIpc) is 2.13. The molecule has 72 valence electrons. The van der Waals surface area contributed by atoms with Crippen molar-refractivity contribution in [2.75, 3.05) is 5.73 Å². The van der Waals surface area contributed by atoms with Crippen LogP contribution in [0.2, 0.25) is 0 Å². The number of hydrogen-bond donors (Lipinski definition) is 2. The first kappa shape index (κ1) is 9.99. The lowest BCUT2D eigenvalue weighted by molar-refractivity contribution is -0.112. The van der Waals surface area contributed by atoms with Crippen molar-refractivity contribution in [3.8, 4) is 11.8 Å². The predicted octanol–water partition coefficient (Wildman–Crippen LogP) is 0.384. The van der Waals surface area contributed by atoms with Gasteiger partial charge in [0.1, 0.15) is 0 Å². The van der Waals surface area contributed by atoms with Crippen molar-refractivity contribution < 1.29 is 13.6 Å². The molecule has 0 aliphatic rings. The van der Waals surface area contributed by atoms with Crippen molar-refractivity contribution in [2.24, 2.45) is 5.73 Å². The van der Waals surface area contributed by atoms with Crippen molar-refractivity contribution in [3.05, 3.63) is 29.3 Å². The van der Waals surface area contributed by atoms with Gasteiger partial charge in [0.25, 0.3) is 5.91 Å². The van der Waals surface area contributed by atoms with Crippen molar-refractivity contribution in [2.45, 2.75) is 0 Å². The fourth-order valence-corrected chi connectivity index (χ4v) is 0.790. The summed E-state index contributed by atoms with van der Waals surface area (Å²) in [6, 6.07) is 2.33. The number of nitrogens with two attached hydrogens (primary N) is 2. The van der Waals surface area contributed by atoms with E-state index in [1.807, 2.05) is 5.92 Å². The number of primary amides is 1. The summed E-state index contributed by atoms with van der Waals surface area (Å²) in [6.07, 6.45) is 0. The maximum atomic E-state index is 13.0.